The Morgan fingerprint density at radius 1 is 1.26 bits per heavy atom. The topological polar surface area (TPSA) is 64.6 Å². The maximum atomic E-state index is 11.5. The van der Waals surface area contributed by atoms with Gasteiger partial charge in [-0.15, -0.1) is 0 Å². The average molecular weight is 356 g/mol. The first-order valence-electron chi connectivity index (χ1n) is 7.32. The highest BCUT2D eigenvalue weighted by atomic mass is 35.5. The monoisotopic (exact) mass is 355 g/mol. The molecule has 23 heavy (non-hydrogen) atoms. The molecule has 1 unspecified atom stereocenters. The second kappa shape index (κ2) is 6.98. The van der Waals surface area contributed by atoms with Gasteiger partial charge in [0.05, 0.1) is 23.6 Å². The molecule has 1 aliphatic rings. The van der Waals surface area contributed by atoms with E-state index in [0.717, 1.165) is 31.3 Å². The van der Waals surface area contributed by atoms with Gasteiger partial charge in [0, 0.05) is 30.8 Å². The highest BCUT2D eigenvalue weighted by Crippen LogP contribution is 2.35. The summed E-state index contributed by atoms with van der Waals surface area (Å²) in [6, 6.07) is 3.62. The lowest BCUT2D eigenvalue weighted by molar-refractivity contribution is 0.133. The molecule has 1 saturated heterocycles. The number of hydrogen-bond donors (Lipinski definition) is 0. The second-order valence-corrected chi connectivity index (χ2v) is 7.08. The Kier molecular flexibility index (Phi) is 4.99. The van der Waals surface area contributed by atoms with Crippen LogP contribution in [0.1, 0.15) is 12.8 Å². The van der Waals surface area contributed by atoms with Gasteiger partial charge in [-0.1, -0.05) is 11.6 Å². The van der Waals surface area contributed by atoms with E-state index in [2.05, 4.69) is 9.97 Å². The summed E-state index contributed by atoms with van der Waals surface area (Å²) in [5, 5.41) is 1.12. The van der Waals surface area contributed by atoms with Crippen LogP contribution in [0.4, 0.5) is 0 Å². The molecule has 0 amide bonds. The minimum atomic E-state index is -0.922. The Morgan fingerprint density at radius 3 is 2.65 bits per heavy atom. The third-order valence-corrected chi connectivity index (χ3v) is 5.32. The summed E-state index contributed by atoms with van der Waals surface area (Å²) in [5.41, 5.74) is 0.713. The van der Waals surface area contributed by atoms with Gasteiger partial charge in [0.15, 0.2) is 11.5 Å². The van der Waals surface area contributed by atoms with Gasteiger partial charge in [-0.25, -0.2) is 18.5 Å². The zero-order valence-electron chi connectivity index (χ0n) is 13.0. The molecule has 0 bridgehead atoms. The van der Waals surface area contributed by atoms with Gasteiger partial charge in [0.1, 0.15) is 17.6 Å². The SMILES string of the molecule is COc1cc2ncnc(Cl)c2cc1OC1CCN(S(C)=O)CC1. The molecule has 3 rings (SSSR count). The van der Waals surface area contributed by atoms with E-state index in [1.807, 2.05) is 10.4 Å². The van der Waals surface area contributed by atoms with Gasteiger partial charge in [-0.05, 0) is 18.9 Å². The van der Waals surface area contributed by atoms with E-state index < -0.39 is 11.0 Å². The summed E-state index contributed by atoms with van der Waals surface area (Å²) in [4.78, 5) is 8.19. The first-order chi connectivity index (χ1) is 11.1. The molecule has 1 fully saturated rings. The summed E-state index contributed by atoms with van der Waals surface area (Å²) in [5.74, 6) is 1.25. The number of fused-ring (bicyclic) bond motifs is 1. The highest BCUT2D eigenvalue weighted by Gasteiger charge is 2.23. The number of ether oxygens (including phenoxy) is 2. The molecule has 1 aliphatic heterocycles. The maximum absolute atomic E-state index is 11.5. The van der Waals surface area contributed by atoms with Crippen molar-refractivity contribution in [3.05, 3.63) is 23.6 Å². The van der Waals surface area contributed by atoms with E-state index >= 15 is 0 Å². The van der Waals surface area contributed by atoms with Gasteiger partial charge in [-0.2, -0.15) is 0 Å². The van der Waals surface area contributed by atoms with Gasteiger partial charge < -0.3 is 9.47 Å². The molecule has 2 heterocycles. The zero-order valence-corrected chi connectivity index (χ0v) is 14.6. The molecule has 0 spiro atoms. The van der Waals surface area contributed by atoms with Crippen LogP contribution >= 0.6 is 11.6 Å². The minimum absolute atomic E-state index is 0.0598. The molecule has 1 aromatic heterocycles. The standard InChI is InChI=1S/C15H18ClN3O3S/c1-21-13-8-12-11(15(16)18-9-17-12)7-14(13)22-10-3-5-19(6-4-10)23(2)20/h7-10H,3-6H2,1-2H3. The Labute approximate surface area is 142 Å². The van der Waals surface area contributed by atoms with Crippen LogP contribution in [0.15, 0.2) is 18.5 Å². The van der Waals surface area contributed by atoms with Gasteiger partial charge in [0.2, 0.25) is 0 Å². The van der Waals surface area contributed by atoms with Crippen molar-refractivity contribution in [2.75, 3.05) is 26.5 Å². The lowest BCUT2D eigenvalue weighted by Crippen LogP contribution is -2.38. The summed E-state index contributed by atoms with van der Waals surface area (Å²) in [6.07, 6.45) is 4.82. The molecular formula is C15H18ClN3O3S. The van der Waals surface area contributed by atoms with Crippen molar-refractivity contribution in [2.45, 2.75) is 18.9 Å². The summed E-state index contributed by atoms with van der Waals surface area (Å²) in [7, 11) is 0.675. The first kappa shape index (κ1) is 16.4. The van der Waals surface area contributed by atoms with E-state index in [-0.39, 0.29) is 6.10 Å². The van der Waals surface area contributed by atoms with Crippen molar-refractivity contribution < 1.29 is 13.7 Å². The third-order valence-electron chi connectivity index (χ3n) is 3.93. The van der Waals surface area contributed by atoms with E-state index in [1.54, 1.807) is 19.4 Å². The third kappa shape index (κ3) is 3.57. The quantitative estimate of drug-likeness (QED) is 0.788. The molecule has 0 radical (unpaired) electrons. The van der Waals surface area contributed by atoms with E-state index in [4.69, 9.17) is 21.1 Å². The lowest BCUT2D eigenvalue weighted by atomic mass is 10.1. The summed E-state index contributed by atoms with van der Waals surface area (Å²) >= 11 is 6.13. The van der Waals surface area contributed by atoms with Crippen LogP contribution in [0.2, 0.25) is 5.15 Å². The largest absolute Gasteiger partial charge is 0.493 e. The Morgan fingerprint density at radius 2 is 2.00 bits per heavy atom. The normalized spacial score (nSPS) is 18.0. The maximum Gasteiger partial charge on any atom is 0.162 e. The Balaban J connectivity index is 1.82. The second-order valence-electron chi connectivity index (χ2n) is 5.35. The molecule has 6 nitrogen and oxygen atoms in total. The van der Waals surface area contributed by atoms with E-state index in [1.165, 1.54) is 6.33 Å². The number of methoxy groups -OCH3 is 1. The van der Waals surface area contributed by atoms with Crippen LogP contribution in [0.3, 0.4) is 0 Å². The van der Waals surface area contributed by atoms with Gasteiger partial charge in [0.25, 0.3) is 0 Å². The molecule has 0 N–H and O–H groups in total. The molecule has 0 aliphatic carbocycles. The van der Waals surface area contributed by atoms with Crippen molar-refractivity contribution in [3.8, 4) is 11.5 Å². The molecule has 2 aromatic rings. The van der Waals surface area contributed by atoms with Crippen molar-refractivity contribution in [3.63, 3.8) is 0 Å². The molecule has 124 valence electrons. The van der Waals surface area contributed by atoms with Crippen molar-refractivity contribution in [2.24, 2.45) is 0 Å². The van der Waals surface area contributed by atoms with Crippen LogP contribution < -0.4 is 9.47 Å². The highest BCUT2D eigenvalue weighted by molar-refractivity contribution is 7.81. The lowest BCUT2D eigenvalue weighted by Gasteiger charge is -2.30. The number of aromatic nitrogens is 2. The smallest absolute Gasteiger partial charge is 0.162 e. The number of hydrogen-bond acceptors (Lipinski definition) is 5. The number of nitrogens with zero attached hydrogens (tertiary/aromatic N) is 3. The van der Waals surface area contributed by atoms with E-state index in [0.29, 0.717) is 22.2 Å². The number of halogens is 1. The van der Waals surface area contributed by atoms with Gasteiger partial charge >= 0.3 is 0 Å². The van der Waals surface area contributed by atoms with Crippen LogP contribution in [-0.2, 0) is 11.0 Å². The fourth-order valence-electron chi connectivity index (χ4n) is 2.67. The van der Waals surface area contributed by atoms with Gasteiger partial charge in [-0.3, -0.25) is 0 Å². The fraction of sp³-hybridized carbons (Fsp3) is 0.467. The molecule has 1 atom stereocenters. The zero-order chi connectivity index (χ0) is 16.4. The molecule has 0 saturated carbocycles. The summed E-state index contributed by atoms with van der Waals surface area (Å²) in [6.45, 7) is 1.51. The number of rotatable bonds is 4. The number of benzene rings is 1. The minimum Gasteiger partial charge on any atom is -0.493 e. The predicted octanol–water partition coefficient (Wildman–Crippen LogP) is 2.43. The predicted molar refractivity (Wildman–Crippen MR) is 90.4 cm³/mol. The Hall–Kier alpha value is -1.44. The molecule has 1 aromatic carbocycles. The van der Waals surface area contributed by atoms with Crippen molar-refractivity contribution >= 4 is 33.5 Å². The molecular weight excluding hydrogens is 338 g/mol. The molecule has 8 heteroatoms. The summed E-state index contributed by atoms with van der Waals surface area (Å²) < 4.78 is 25.0. The van der Waals surface area contributed by atoms with Crippen molar-refractivity contribution in [1.29, 1.82) is 0 Å². The van der Waals surface area contributed by atoms with Crippen LogP contribution in [0.5, 0.6) is 11.5 Å². The van der Waals surface area contributed by atoms with Crippen LogP contribution in [-0.4, -0.2) is 51.0 Å². The fourth-order valence-corrected chi connectivity index (χ4v) is 3.59. The first-order valence-corrected chi connectivity index (χ1v) is 9.21. The number of piperidine rings is 1. The average Bonchev–Trinajstić information content (AvgIpc) is 2.55. The van der Waals surface area contributed by atoms with E-state index in [9.17, 15) is 4.21 Å². The van der Waals surface area contributed by atoms with Crippen molar-refractivity contribution in [1.82, 2.24) is 14.3 Å². The van der Waals surface area contributed by atoms with Crippen LogP contribution in [0.25, 0.3) is 10.9 Å². The van der Waals surface area contributed by atoms with Crippen LogP contribution in [0, 0.1) is 0 Å². The Bertz CT molecular complexity index is 735.